The number of nitrogens with zero attached hydrogens (tertiary/aromatic N) is 3. The number of aliphatic imine (C=N–C) groups is 1. The average Bonchev–Trinajstić information content (AvgIpc) is 3.54. The first-order valence-corrected chi connectivity index (χ1v) is 18.1. The van der Waals surface area contributed by atoms with Crippen LogP contribution in [0, 0.1) is 0 Å². The molecule has 5 nitrogen and oxygen atoms in total. The summed E-state index contributed by atoms with van der Waals surface area (Å²) in [5.41, 5.74) is 13.9. The summed E-state index contributed by atoms with van der Waals surface area (Å²) in [7, 11) is 3.48. The van der Waals surface area contributed by atoms with Gasteiger partial charge in [0.15, 0.2) is 0 Å². The summed E-state index contributed by atoms with van der Waals surface area (Å²) in [6.45, 7) is 4.06. The van der Waals surface area contributed by atoms with Crippen LogP contribution in [0.1, 0.15) is 24.4 Å². The van der Waals surface area contributed by atoms with E-state index in [1.165, 1.54) is 49.6 Å². The average molecular weight is 780 g/mol. The van der Waals surface area contributed by atoms with Gasteiger partial charge in [-0.3, -0.25) is 15.3 Å². The third-order valence-electron chi connectivity index (χ3n) is 10.3. The summed E-state index contributed by atoms with van der Waals surface area (Å²) < 4.78 is 2.50. The van der Waals surface area contributed by atoms with E-state index in [1.807, 2.05) is 19.2 Å². The summed E-state index contributed by atoms with van der Waals surface area (Å²) in [6, 6.07) is 49.4. The van der Waals surface area contributed by atoms with E-state index < -0.39 is 0 Å². The number of rotatable bonds is 10. The first-order valence-electron chi connectivity index (χ1n) is 18.1. The van der Waals surface area contributed by atoms with Gasteiger partial charge in [0.1, 0.15) is 0 Å². The monoisotopic (exact) mass is 779 g/mol. The largest absolute Gasteiger partial charge is 0.386 e. The molecule has 1 aliphatic rings. The molecule has 0 aliphatic heterocycles. The number of hydrogen-bond acceptors (Lipinski definition) is 4. The van der Waals surface area contributed by atoms with Crippen molar-refractivity contribution >= 4 is 45.6 Å². The zero-order chi connectivity index (χ0) is 36.3. The van der Waals surface area contributed by atoms with Gasteiger partial charge in [0.25, 0.3) is 0 Å². The summed E-state index contributed by atoms with van der Waals surface area (Å²) in [4.78, 5) is 4.64. The standard InChI is InChI=1S/C48H42N4O.Y/c1-49-43-26-23-40(31-48(43)51(3)53)35-19-21-36(22-20-35)44(50-2)32-47(37-17-11-6-12-18-37)52-45-27-24-38(33-13-7-4-8-14-33)29-41(45)42-30-39(25-28-46(42)52)34-15-9-5-10-16-34;/h4-11,13-17,19-32,47,49,53H,2,12,18H2,1,3H3;/b44-32-;. The van der Waals surface area contributed by atoms with Crippen molar-refractivity contribution in [1.29, 1.82) is 0 Å². The van der Waals surface area contributed by atoms with Crippen LogP contribution in [0.4, 0.5) is 11.4 Å². The molecule has 6 aromatic carbocycles. The van der Waals surface area contributed by atoms with Gasteiger partial charge in [0.05, 0.1) is 23.1 Å². The maximum atomic E-state index is 10.2. The molecule has 2 N–H and O–H groups in total. The Labute approximate surface area is 342 Å². The Balaban J connectivity index is 0.00000450. The number of aromatic nitrogens is 1. The normalized spacial score (nSPS) is 13.3. The van der Waals surface area contributed by atoms with Crippen LogP contribution in [0.5, 0.6) is 0 Å². The Bertz CT molecular complexity index is 2430. The molecule has 0 saturated heterocycles. The van der Waals surface area contributed by atoms with Crippen molar-refractivity contribution in [2.45, 2.75) is 18.9 Å². The molecule has 6 heteroatoms. The molecule has 1 heterocycles. The van der Waals surface area contributed by atoms with E-state index in [0.29, 0.717) is 5.69 Å². The Hall–Kier alpha value is -5.33. The molecular formula is C48H42N4OY. The molecule has 0 bridgehead atoms. The topological polar surface area (TPSA) is 52.8 Å². The second-order valence-electron chi connectivity index (χ2n) is 13.5. The number of hydrogen-bond donors (Lipinski definition) is 2. The van der Waals surface area contributed by atoms with Crippen molar-refractivity contribution in [3.63, 3.8) is 0 Å². The van der Waals surface area contributed by atoms with Gasteiger partial charge in [0, 0.05) is 68.6 Å². The van der Waals surface area contributed by atoms with Crippen LogP contribution >= 0.6 is 0 Å². The molecule has 0 saturated carbocycles. The van der Waals surface area contributed by atoms with Gasteiger partial charge in [-0.1, -0.05) is 121 Å². The van der Waals surface area contributed by atoms with Crippen molar-refractivity contribution in [3.8, 4) is 33.4 Å². The number of benzene rings is 6. The van der Waals surface area contributed by atoms with Crippen LogP contribution in [-0.2, 0) is 32.7 Å². The Morgan fingerprint density at radius 3 is 1.80 bits per heavy atom. The maximum Gasteiger partial charge on any atom is 0.0868 e. The minimum absolute atomic E-state index is 0. The van der Waals surface area contributed by atoms with E-state index >= 15 is 0 Å². The SMILES string of the molecule is C=N/C(=C\C(C1=CC=CCC1)n1c2ccc(-c3ccccc3)cc2c2cc(-c3ccccc3)ccc21)c1ccc(-c2ccc(NC)c(N(C)O)c2)cc1.[Y]. The van der Waals surface area contributed by atoms with Gasteiger partial charge in [-0.2, -0.15) is 0 Å². The van der Waals surface area contributed by atoms with Crippen LogP contribution in [-0.4, -0.2) is 30.6 Å². The summed E-state index contributed by atoms with van der Waals surface area (Å²) >= 11 is 0. The first-order chi connectivity index (χ1) is 26.0. The Kier molecular flexibility index (Phi) is 11.2. The Morgan fingerprint density at radius 1 is 0.741 bits per heavy atom. The quantitative estimate of drug-likeness (QED) is 0.107. The number of anilines is 2. The van der Waals surface area contributed by atoms with E-state index in [2.05, 4.69) is 173 Å². The molecule has 1 unspecified atom stereocenters. The molecule has 0 fully saturated rings. The summed E-state index contributed by atoms with van der Waals surface area (Å²) in [6.07, 6.45) is 10.9. The zero-order valence-electron chi connectivity index (χ0n) is 30.7. The second kappa shape index (κ2) is 16.4. The van der Waals surface area contributed by atoms with Crippen molar-refractivity contribution in [2.75, 3.05) is 24.5 Å². The summed E-state index contributed by atoms with van der Waals surface area (Å²) in [5, 5.41) is 17.0. The Morgan fingerprint density at radius 2 is 1.28 bits per heavy atom. The molecule has 8 rings (SSSR count). The smallest absolute Gasteiger partial charge is 0.0868 e. The van der Waals surface area contributed by atoms with E-state index in [9.17, 15) is 5.21 Å². The predicted molar refractivity (Wildman–Crippen MR) is 225 cm³/mol. The number of allylic oxidation sites excluding steroid dienone is 5. The van der Waals surface area contributed by atoms with Crippen LogP contribution in [0.25, 0.3) is 60.9 Å². The fourth-order valence-electron chi connectivity index (χ4n) is 7.60. The van der Waals surface area contributed by atoms with E-state index in [-0.39, 0.29) is 38.8 Å². The molecule has 1 aliphatic carbocycles. The molecule has 1 aromatic heterocycles. The molecule has 54 heavy (non-hydrogen) atoms. The van der Waals surface area contributed by atoms with Crippen molar-refractivity contribution in [2.24, 2.45) is 4.99 Å². The molecular weight excluding hydrogens is 737 g/mol. The molecule has 1 radical (unpaired) electrons. The number of hydroxylamine groups is 1. The zero-order valence-corrected chi connectivity index (χ0v) is 33.5. The maximum absolute atomic E-state index is 10.2. The van der Waals surface area contributed by atoms with Gasteiger partial charge in [-0.25, -0.2) is 0 Å². The predicted octanol–water partition coefficient (Wildman–Crippen LogP) is 12.2. The van der Waals surface area contributed by atoms with Gasteiger partial charge < -0.3 is 9.88 Å². The van der Waals surface area contributed by atoms with Crippen LogP contribution < -0.4 is 10.4 Å². The van der Waals surface area contributed by atoms with E-state index in [4.69, 9.17) is 0 Å². The third kappa shape index (κ3) is 7.28. The molecule has 1 atom stereocenters. The number of fused-ring (bicyclic) bond motifs is 3. The van der Waals surface area contributed by atoms with Gasteiger partial charge in [0.2, 0.25) is 0 Å². The molecule has 0 amide bonds. The van der Waals surface area contributed by atoms with Crippen LogP contribution in [0.3, 0.4) is 0 Å². The van der Waals surface area contributed by atoms with Gasteiger partial charge >= 0.3 is 0 Å². The van der Waals surface area contributed by atoms with Crippen LogP contribution in [0.15, 0.2) is 174 Å². The molecule has 263 valence electrons. The van der Waals surface area contributed by atoms with Crippen LogP contribution in [0.2, 0.25) is 0 Å². The minimum Gasteiger partial charge on any atom is -0.386 e. The summed E-state index contributed by atoms with van der Waals surface area (Å²) in [5.74, 6) is 0. The van der Waals surface area contributed by atoms with E-state index in [0.717, 1.165) is 46.0 Å². The van der Waals surface area contributed by atoms with Gasteiger partial charge in [-0.15, -0.1) is 0 Å². The van der Waals surface area contributed by atoms with Crippen molar-refractivity contribution < 1.29 is 37.9 Å². The van der Waals surface area contributed by atoms with Crippen molar-refractivity contribution in [1.82, 2.24) is 4.57 Å². The second-order valence-corrected chi connectivity index (χ2v) is 13.5. The molecule has 0 spiro atoms. The minimum atomic E-state index is -0.0954. The van der Waals surface area contributed by atoms with E-state index in [1.54, 1.807) is 7.05 Å². The first kappa shape index (κ1) is 37.0. The number of nitrogens with one attached hydrogen (secondary N) is 1. The van der Waals surface area contributed by atoms with Crippen molar-refractivity contribution in [3.05, 3.63) is 175 Å². The third-order valence-corrected chi connectivity index (χ3v) is 10.3. The molecule has 7 aromatic rings. The fraction of sp³-hybridized carbons (Fsp3) is 0.104. The van der Waals surface area contributed by atoms with Gasteiger partial charge in [-0.05, 0) is 107 Å². The fourth-order valence-corrected chi connectivity index (χ4v) is 7.60.